The maximum atomic E-state index is 13.5. The van der Waals surface area contributed by atoms with Crippen molar-refractivity contribution in [1.82, 2.24) is 0 Å². The summed E-state index contributed by atoms with van der Waals surface area (Å²) in [6.07, 6.45) is 1.83. The molecule has 0 aliphatic carbocycles. The molecule has 1 aromatic rings. The SMILES string of the molecule is CSC(CO)C(C)Nc1c(F)cc(N)cc1F. The first-order valence-corrected chi connectivity index (χ1v) is 6.43. The number of hydrogen-bond donors (Lipinski definition) is 3. The molecule has 2 atom stereocenters. The van der Waals surface area contributed by atoms with E-state index < -0.39 is 11.6 Å². The molecule has 0 amide bonds. The summed E-state index contributed by atoms with van der Waals surface area (Å²) in [6.45, 7) is 1.69. The van der Waals surface area contributed by atoms with E-state index in [1.54, 1.807) is 6.92 Å². The quantitative estimate of drug-likeness (QED) is 0.711. The molecule has 0 spiro atoms. The molecule has 0 bridgehead atoms. The number of halogens is 2. The van der Waals surface area contributed by atoms with Crippen molar-refractivity contribution >= 4 is 23.1 Å². The highest BCUT2D eigenvalue weighted by Gasteiger charge is 2.18. The molecule has 96 valence electrons. The zero-order valence-corrected chi connectivity index (χ0v) is 10.5. The van der Waals surface area contributed by atoms with Gasteiger partial charge in [-0.3, -0.25) is 0 Å². The predicted molar refractivity (Wildman–Crippen MR) is 68.2 cm³/mol. The van der Waals surface area contributed by atoms with Gasteiger partial charge in [0, 0.05) is 17.0 Å². The highest BCUT2D eigenvalue weighted by Crippen LogP contribution is 2.24. The Morgan fingerprint density at radius 1 is 1.41 bits per heavy atom. The molecule has 6 heteroatoms. The molecule has 0 fully saturated rings. The van der Waals surface area contributed by atoms with Gasteiger partial charge in [0.2, 0.25) is 0 Å². The molecule has 0 heterocycles. The maximum Gasteiger partial charge on any atom is 0.151 e. The Morgan fingerprint density at radius 2 is 1.94 bits per heavy atom. The van der Waals surface area contributed by atoms with E-state index in [4.69, 9.17) is 10.8 Å². The topological polar surface area (TPSA) is 58.3 Å². The van der Waals surface area contributed by atoms with Crippen molar-refractivity contribution in [2.75, 3.05) is 23.9 Å². The summed E-state index contributed by atoms with van der Waals surface area (Å²) >= 11 is 1.43. The van der Waals surface area contributed by atoms with Crippen molar-refractivity contribution < 1.29 is 13.9 Å². The van der Waals surface area contributed by atoms with Crippen LogP contribution in [-0.4, -0.2) is 29.3 Å². The number of benzene rings is 1. The fourth-order valence-corrected chi connectivity index (χ4v) is 2.11. The monoisotopic (exact) mass is 262 g/mol. The number of nitrogens with one attached hydrogen (secondary N) is 1. The Hall–Kier alpha value is -1.01. The highest BCUT2D eigenvalue weighted by atomic mass is 32.2. The number of hydrogen-bond acceptors (Lipinski definition) is 4. The largest absolute Gasteiger partial charge is 0.399 e. The summed E-state index contributed by atoms with van der Waals surface area (Å²) in [7, 11) is 0. The lowest BCUT2D eigenvalue weighted by Gasteiger charge is -2.23. The van der Waals surface area contributed by atoms with Crippen LogP contribution in [0.1, 0.15) is 6.92 Å². The second-order valence-corrected chi connectivity index (χ2v) is 4.83. The van der Waals surface area contributed by atoms with E-state index in [2.05, 4.69) is 5.32 Å². The molecule has 0 aliphatic rings. The number of thioether (sulfide) groups is 1. The zero-order chi connectivity index (χ0) is 13.0. The van der Waals surface area contributed by atoms with E-state index in [1.807, 2.05) is 6.26 Å². The molecule has 3 nitrogen and oxygen atoms in total. The Morgan fingerprint density at radius 3 is 2.35 bits per heavy atom. The molecular formula is C11H16F2N2OS. The molecule has 0 saturated heterocycles. The van der Waals surface area contributed by atoms with Gasteiger partial charge in [0.15, 0.2) is 11.6 Å². The summed E-state index contributed by atoms with van der Waals surface area (Å²) in [5.41, 5.74) is 5.15. The van der Waals surface area contributed by atoms with Crippen LogP contribution in [0.15, 0.2) is 12.1 Å². The van der Waals surface area contributed by atoms with Crippen molar-refractivity contribution in [3.8, 4) is 0 Å². The first-order chi connectivity index (χ1) is 7.99. The third-order valence-corrected chi connectivity index (χ3v) is 3.64. The van der Waals surface area contributed by atoms with Crippen LogP contribution in [0.5, 0.6) is 0 Å². The number of anilines is 2. The summed E-state index contributed by atoms with van der Waals surface area (Å²) in [4.78, 5) is 0. The molecule has 0 aromatic heterocycles. The van der Waals surface area contributed by atoms with E-state index >= 15 is 0 Å². The van der Waals surface area contributed by atoms with E-state index in [0.29, 0.717) is 0 Å². The summed E-state index contributed by atoms with van der Waals surface area (Å²) in [5.74, 6) is -1.46. The smallest absolute Gasteiger partial charge is 0.151 e. The predicted octanol–water partition coefficient (Wildman–Crippen LogP) is 2.07. The van der Waals surface area contributed by atoms with E-state index in [1.165, 1.54) is 11.8 Å². The Kier molecular flexibility index (Phi) is 5.02. The average Bonchev–Trinajstić information content (AvgIpc) is 2.25. The van der Waals surface area contributed by atoms with Crippen molar-refractivity contribution in [3.05, 3.63) is 23.8 Å². The standard InChI is InChI=1S/C11H16F2N2OS/c1-6(10(5-16)17-2)15-11-8(12)3-7(14)4-9(11)13/h3-4,6,10,15-16H,5,14H2,1-2H3. The van der Waals surface area contributed by atoms with E-state index in [0.717, 1.165) is 12.1 Å². The molecule has 4 N–H and O–H groups in total. The average molecular weight is 262 g/mol. The van der Waals surface area contributed by atoms with Crippen LogP contribution in [0, 0.1) is 11.6 Å². The van der Waals surface area contributed by atoms with E-state index in [9.17, 15) is 8.78 Å². The normalized spacial score (nSPS) is 14.4. The third-order valence-electron chi connectivity index (χ3n) is 2.48. The van der Waals surface area contributed by atoms with Crippen LogP contribution >= 0.6 is 11.8 Å². The van der Waals surface area contributed by atoms with Crippen molar-refractivity contribution in [2.24, 2.45) is 0 Å². The first kappa shape index (κ1) is 14.1. The van der Waals surface area contributed by atoms with Crippen LogP contribution < -0.4 is 11.1 Å². The van der Waals surface area contributed by atoms with Gasteiger partial charge < -0.3 is 16.2 Å². The zero-order valence-electron chi connectivity index (χ0n) is 9.71. The van der Waals surface area contributed by atoms with Crippen LogP contribution in [0.25, 0.3) is 0 Å². The minimum absolute atomic E-state index is 0.0433. The van der Waals surface area contributed by atoms with Crippen LogP contribution in [0.2, 0.25) is 0 Å². The van der Waals surface area contributed by atoms with Gasteiger partial charge >= 0.3 is 0 Å². The van der Waals surface area contributed by atoms with Gasteiger partial charge in [-0.05, 0) is 25.3 Å². The number of aliphatic hydroxyl groups excluding tert-OH is 1. The number of nitrogens with two attached hydrogens (primary N) is 1. The summed E-state index contributed by atoms with van der Waals surface area (Å²) < 4.78 is 27.0. The van der Waals surface area contributed by atoms with Gasteiger partial charge in [-0.1, -0.05) is 0 Å². The summed E-state index contributed by atoms with van der Waals surface area (Å²) in [6, 6.07) is 1.86. The molecule has 0 aliphatic heterocycles. The lowest BCUT2D eigenvalue weighted by molar-refractivity contribution is 0.288. The Bertz CT molecular complexity index is 363. The molecule has 0 radical (unpaired) electrons. The van der Waals surface area contributed by atoms with Gasteiger partial charge in [-0.25, -0.2) is 8.78 Å². The lowest BCUT2D eigenvalue weighted by atomic mass is 10.2. The van der Waals surface area contributed by atoms with Gasteiger partial charge in [0.25, 0.3) is 0 Å². The van der Waals surface area contributed by atoms with Gasteiger partial charge in [0.1, 0.15) is 5.69 Å². The van der Waals surface area contributed by atoms with Gasteiger partial charge in [0.05, 0.1) is 6.61 Å². The fourth-order valence-electron chi connectivity index (χ4n) is 1.49. The van der Waals surface area contributed by atoms with Crippen molar-refractivity contribution in [2.45, 2.75) is 18.2 Å². The highest BCUT2D eigenvalue weighted by molar-refractivity contribution is 7.99. The number of nitrogen functional groups attached to an aromatic ring is 1. The molecule has 1 rings (SSSR count). The van der Waals surface area contributed by atoms with Gasteiger partial charge in [-0.2, -0.15) is 11.8 Å². The molecular weight excluding hydrogens is 246 g/mol. The van der Waals surface area contributed by atoms with Crippen molar-refractivity contribution in [1.29, 1.82) is 0 Å². The Labute approximate surface area is 103 Å². The second-order valence-electron chi connectivity index (χ2n) is 3.75. The van der Waals surface area contributed by atoms with E-state index in [-0.39, 0.29) is 29.3 Å². The van der Waals surface area contributed by atoms with Gasteiger partial charge in [-0.15, -0.1) is 0 Å². The summed E-state index contributed by atoms with van der Waals surface area (Å²) in [5, 5.41) is 11.7. The second kappa shape index (κ2) is 6.07. The lowest BCUT2D eigenvalue weighted by Crippen LogP contribution is -2.31. The number of rotatable bonds is 5. The van der Waals surface area contributed by atoms with Crippen LogP contribution in [0.3, 0.4) is 0 Å². The van der Waals surface area contributed by atoms with Crippen LogP contribution in [-0.2, 0) is 0 Å². The molecule has 2 unspecified atom stereocenters. The molecule has 0 saturated carbocycles. The molecule has 1 aromatic carbocycles. The maximum absolute atomic E-state index is 13.5. The van der Waals surface area contributed by atoms with Crippen molar-refractivity contribution in [3.63, 3.8) is 0 Å². The third kappa shape index (κ3) is 3.47. The Balaban J connectivity index is 2.88. The molecule has 17 heavy (non-hydrogen) atoms. The fraction of sp³-hybridized carbons (Fsp3) is 0.455. The first-order valence-electron chi connectivity index (χ1n) is 5.14. The minimum Gasteiger partial charge on any atom is -0.399 e. The van der Waals surface area contributed by atoms with Crippen LogP contribution in [0.4, 0.5) is 20.2 Å². The number of aliphatic hydroxyl groups is 1. The minimum atomic E-state index is -0.729.